The van der Waals surface area contributed by atoms with Crippen LogP contribution in [0.25, 0.3) is 20.9 Å². The number of rotatable bonds is 13. The van der Waals surface area contributed by atoms with Crippen LogP contribution in [0, 0.1) is 11.7 Å². The van der Waals surface area contributed by atoms with E-state index in [1.807, 2.05) is 24.6 Å². The zero-order valence-corrected chi connectivity index (χ0v) is 24.3. The van der Waals surface area contributed by atoms with E-state index in [-0.39, 0.29) is 24.0 Å². The van der Waals surface area contributed by atoms with Gasteiger partial charge in [0.15, 0.2) is 11.6 Å². The van der Waals surface area contributed by atoms with Gasteiger partial charge in [-0.1, -0.05) is 6.07 Å². The summed E-state index contributed by atoms with van der Waals surface area (Å²) in [5.41, 5.74) is 2.22. The molecule has 1 N–H and O–H groups in total. The summed E-state index contributed by atoms with van der Waals surface area (Å²) in [4.78, 5) is 36.4. The number of methoxy groups -OCH3 is 1. The predicted octanol–water partition coefficient (Wildman–Crippen LogP) is 5.72. The molecule has 3 aromatic heterocycles. The fourth-order valence-corrected chi connectivity index (χ4v) is 5.74. The highest BCUT2D eigenvalue weighted by molar-refractivity contribution is 7.22. The number of ether oxygens (including phenoxy) is 2. The molecule has 0 aliphatic heterocycles. The lowest BCUT2D eigenvalue weighted by Crippen LogP contribution is -2.41. The third kappa shape index (κ3) is 6.91. The summed E-state index contributed by atoms with van der Waals surface area (Å²) in [5.74, 6) is 1.45. The number of thiophene rings is 1. The number of imidazole rings is 1. The number of nitrogens with zero attached hydrogens (tertiary/aromatic N) is 4. The van der Waals surface area contributed by atoms with E-state index in [0.29, 0.717) is 55.4 Å². The second-order valence-corrected chi connectivity index (χ2v) is 11.3. The normalized spacial score (nSPS) is 13.0. The van der Waals surface area contributed by atoms with E-state index in [1.165, 1.54) is 17.4 Å². The van der Waals surface area contributed by atoms with Gasteiger partial charge in [0.25, 0.3) is 0 Å². The Morgan fingerprint density at radius 1 is 1.20 bits per heavy atom. The number of pyridine rings is 1. The van der Waals surface area contributed by atoms with Gasteiger partial charge in [-0.15, -0.1) is 11.3 Å². The average molecular weight is 580 g/mol. The maximum absolute atomic E-state index is 15.0. The summed E-state index contributed by atoms with van der Waals surface area (Å²) < 4.78 is 28.9. The molecule has 1 saturated carbocycles. The molecule has 0 radical (unpaired) electrons. The maximum atomic E-state index is 15.0. The van der Waals surface area contributed by atoms with Crippen molar-refractivity contribution in [3.63, 3.8) is 0 Å². The molecule has 0 bridgehead atoms. The summed E-state index contributed by atoms with van der Waals surface area (Å²) in [5, 5.41) is 2.84. The van der Waals surface area contributed by atoms with E-state index >= 15 is 0 Å². The Bertz CT molecular complexity index is 1550. The van der Waals surface area contributed by atoms with Crippen LogP contribution in [0.1, 0.15) is 37.4 Å². The Kier molecular flexibility index (Phi) is 8.94. The van der Waals surface area contributed by atoms with Gasteiger partial charge in [0.05, 0.1) is 40.1 Å². The van der Waals surface area contributed by atoms with Crippen LogP contribution in [0.5, 0.6) is 11.5 Å². The number of ketones is 1. The Hall–Kier alpha value is -3.83. The monoisotopic (exact) mass is 579 g/mol. The highest BCUT2D eigenvalue weighted by Crippen LogP contribution is 2.39. The number of carbonyl (C=O) groups is 2. The molecule has 4 aromatic rings. The molecule has 1 aliphatic carbocycles. The molecular formula is C30H34FN5O4S. The standard InChI is InChI=1S/C30H34FN5O4S/c1-4-32-30(38)36(11-12-39-3)18-21-17-34-29(35(21)2)27-16-24-28(41-27)26(9-10-33-24)40-25-8-7-20(15-23(25)31)14-22(37)13-19-5-6-19/h7-10,15-17,19H,4-6,11-14,18H2,1-3H3,(H,32,38). The maximum Gasteiger partial charge on any atom is 0.317 e. The van der Waals surface area contributed by atoms with Gasteiger partial charge in [-0.05, 0) is 49.4 Å². The van der Waals surface area contributed by atoms with Crippen LogP contribution >= 0.6 is 11.3 Å². The molecular weight excluding hydrogens is 545 g/mol. The molecule has 0 atom stereocenters. The molecule has 2 amide bonds. The number of nitrogens with one attached hydrogen (secondary N) is 1. The Morgan fingerprint density at radius 3 is 2.76 bits per heavy atom. The summed E-state index contributed by atoms with van der Waals surface area (Å²) >= 11 is 1.45. The van der Waals surface area contributed by atoms with Crippen molar-refractivity contribution in [1.82, 2.24) is 24.8 Å². The third-order valence-corrected chi connectivity index (χ3v) is 8.18. The predicted molar refractivity (Wildman–Crippen MR) is 156 cm³/mol. The number of carbonyl (C=O) groups excluding carboxylic acids is 2. The fourth-order valence-electron chi connectivity index (χ4n) is 4.64. The molecule has 5 rings (SSSR count). The number of amides is 2. The first kappa shape index (κ1) is 28.7. The van der Waals surface area contributed by atoms with Crippen LogP contribution in [0.4, 0.5) is 9.18 Å². The minimum absolute atomic E-state index is 0.0895. The van der Waals surface area contributed by atoms with E-state index in [9.17, 15) is 14.0 Å². The third-order valence-electron chi connectivity index (χ3n) is 7.04. The van der Waals surface area contributed by atoms with Crippen molar-refractivity contribution in [2.45, 2.75) is 39.2 Å². The largest absolute Gasteiger partial charge is 0.453 e. The second kappa shape index (κ2) is 12.8. The van der Waals surface area contributed by atoms with Gasteiger partial charge in [-0.2, -0.15) is 0 Å². The number of hydrogen-bond acceptors (Lipinski definition) is 7. The smallest absolute Gasteiger partial charge is 0.317 e. The first-order valence-electron chi connectivity index (χ1n) is 13.8. The number of fused-ring (bicyclic) bond motifs is 1. The molecule has 0 unspecified atom stereocenters. The first-order valence-corrected chi connectivity index (χ1v) is 14.6. The highest BCUT2D eigenvalue weighted by atomic mass is 32.1. The lowest BCUT2D eigenvalue weighted by Gasteiger charge is -2.22. The van der Waals surface area contributed by atoms with Gasteiger partial charge in [0.1, 0.15) is 17.4 Å². The van der Waals surface area contributed by atoms with Crippen LogP contribution in [-0.2, 0) is 29.5 Å². The van der Waals surface area contributed by atoms with E-state index in [1.54, 1.807) is 42.6 Å². The lowest BCUT2D eigenvalue weighted by atomic mass is 10.0. The first-order chi connectivity index (χ1) is 19.9. The van der Waals surface area contributed by atoms with Crippen molar-refractivity contribution in [3.8, 4) is 22.2 Å². The SMILES string of the molecule is CCNC(=O)N(CCOC)Cc1cnc(-c2cc3nccc(Oc4ccc(CC(=O)CC5CC5)cc4F)c3s2)n1C. The van der Waals surface area contributed by atoms with Crippen LogP contribution in [0.15, 0.2) is 42.7 Å². The molecule has 1 aromatic carbocycles. The minimum Gasteiger partial charge on any atom is -0.453 e. The number of Topliss-reactive ketones (excluding diaryl/α,β-unsaturated/α-hetero) is 1. The van der Waals surface area contributed by atoms with E-state index < -0.39 is 5.82 Å². The van der Waals surface area contributed by atoms with Crippen molar-refractivity contribution < 1.29 is 23.5 Å². The van der Waals surface area contributed by atoms with Gasteiger partial charge in [-0.25, -0.2) is 14.2 Å². The number of aromatic nitrogens is 3. The summed E-state index contributed by atoms with van der Waals surface area (Å²) in [7, 11) is 3.51. The second-order valence-electron chi connectivity index (χ2n) is 10.2. The lowest BCUT2D eigenvalue weighted by molar-refractivity contribution is -0.118. The zero-order chi connectivity index (χ0) is 28.9. The molecule has 0 spiro atoms. The number of urea groups is 1. The van der Waals surface area contributed by atoms with E-state index in [2.05, 4.69) is 15.3 Å². The topological polar surface area (TPSA) is 98.6 Å². The average Bonchev–Trinajstić information content (AvgIpc) is 3.52. The summed E-state index contributed by atoms with van der Waals surface area (Å²) in [6, 6.07) is 8.17. The molecule has 3 heterocycles. The van der Waals surface area contributed by atoms with Crippen molar-refractivity contribution in [3.05, 3.63) is 59.8 Å². The zero-order valence-electron chi connectivity index (χ0n) is 23.5. The molecule has 9 nitrogen and oxygen atoms in total. The molecule has 216 valence electrons. The van der Waals surface area contributed by atoms with Crippen molar-refractivity contribution in [2.75, 3.05) is 26.8 Å². The molecule has 11 heteroatoms. The minimum atomic E-state index is -0.512. The van der Waals surface area contributed by atoms with Gasteiger partial charge < -0.3 is 24.3 Å². The number of hydrogen-bond donors (Lipinski definition) is 1. The summed E-state index contributed by atoms with van der Waals surface area (Å²) in [6.07, 6.45) is 6.43. The number of halogens is 1. The van der Waals surface area contributed by atoms with Gasteiger partial charge in [0, 0.05) is 52.4 Å². The Morgan fingerprint density at radius 2 is 2.02 bits per heavy atom. The van der Waals surface area contributed by atoms with Crippen LogP contribution in [0.3, 0.4) is 0 Å². The quantitative estimate of drug-likeness (QED) is 0.218. The fraction of sp³-hybridized carbons (Fsp3) is 0.400. The Balaban J connectivity index is 1.34. The van der Waals surface area contributed by atoms with E-state index in [0.717, 1.165) is 33.9 Å². The van der Waals surface area contributed by atoms with Crippen LogP contribution < -0.4 is 10.1 Å². The molecule has 0 saturated heterocycles. The van der Waals surface area contributed by atoms with Gasteiger partial charge >= 0.3 is 6.03 Å². The molecule has 41 heavy (non-hydrogen) atoms. The summed E-state index contributed by atoms with van der Waals surface area (Å²) in [6.45, 7) is 3.66. The van der Waals surface area contributed by atoms with Crippen LogP contribution in [-0.4, -0.2) is 58.1 Å². The molecule has 1 aliphatic rings. The Labute approximate surface area is 242 Å². The highest BCUT2D eigenvalue weighted by Gasteiger charge is 2.24. The molecule has 1 fully saturated rings. The van der Waals surface area contributed by atoms with Crippen LogP contribution in [0.2, 0.25) is 0 Å². The van der Waals surface area contributed by atoms with Gasteiger partial charge in [-0.3, -0.25) is 9.78 Å². The number of benzene rings is 1. The van der Waals surface area contributed by atoms with Gasteiger partial charge in [0.2, 0.25) is 0 Å². The van der Waals surface area contributed by atoms with Crippen molar-refractivity contribution >= 4 is 33.4 Å². The van der Waals surface area contributed by atoms with Crippen molar-refractivity contribution in [1.29, 1.82) is 0 Å². The van der Waals surface area contributed by atoms with Crippen molar-refractivity contribution in [2.24, 2.45) is 13.0 Å². The van der Waals surface area contributed by atoms with E-state index in [4.69, 9.17) is 9.47 Å².